The highest BCUT2D eigenvalue weighted by atomic mass is 35.5. The van der Waals surface area contributed by atoms with Crippen LogP contribution in [0.4, 0.5) is 8.78 Å². The Bertz CT molecular complexity index is 848. The Morgan fingerprint density at radius 3 is 2.75 bits per heavy atom. The molecule has 1 N–H and O–H groups in total. The van der Waals surface area contributed by atoms with E-state index in [9.17, 15) is 13.6 Å². The molecule has 0 amide bonds. The summed E-state index contributed by atoms with van der Waals surface area (Å²) in [6.45, 7) is 1.86. The lowest BCUT2D eigenvalue weighted by Crippen LogP contribution is -2.26. The highest BCUT2D eigenvalue weighted by Gasteiger charge is 2.35. The molecule has 0 spiro atoms. The number of ketones is 1. The number of hydrogen-bond donors (Lipinski definition) is 1. The van der Waals surface area contributed by atoms with Crippen molar-refractivity contribution in [2.45, 2.75) is 69.9 Å². The molecular weight excluding hydrogens is 382 g/mol. The van der Waals surface area contributed by atoms with Crippen LogP contribution in [0, 0.1) is 5.92 Å². The van der Waals surface area contributed by atoms with Gasteiger partial charge < -0.3 is 9.88 Å². The molecule has 2 aromatic rings. The summed E-state index contributed by atoms with van der Waals surface area (Å²) in [5.41, 5.74) is 1.65. The first kappa shape index (κ1) is 19.8. The van der Waals surface area contributed by atoms with Crippen molar-refractivity contribution in [3.8, 4) is 0 Å². The maximum Gasteiger partial charge on any atom is 0.248 e. The lowest BCUT2D eigenvalue weighted by molar-refractivity contribution is -0.0464. The van der Waals surface area contributed by atoms with E-state index >= 15 is 0 Å². The van der Waals surface area contributed by atoms with Crippen molar-refractivity contribution >= 4 is 28.3 Å². The van der Waals surface area contributed by atoms with Crippen LogP contribution in [0.3, 0.4) is 0 Å². The summed E-state index contributed by atoms with van der Waals surface area (Å²) in [5, 5.41) is 4.91. The Morgan fingerprint density at radius 1 is 1.25 bits per heavy atom. The van der Waals surface area contributed by atoms with Gasteiger partial charge in [-0.1, -0.05) is 17.7 Å². The Balaban J connectivity index is 1.50. The Labute approximate surface area is 169 Å². The van der Waals surface area contributed by atoms with Crippen LogP contribution >= 0.6 is 11.6 Å². The first-order valence-corrected chi connectivity index (χ1v) is 10.7. The smallest absolute Gasteiger partial charge is 0.248 e. The van der Waals surface area contributed by atoms with Gasteiger partial charge in [-0.3, -0.25) is 4.79 Å². The largest absolute Gasteiger partial charge is 0.345 e. The van der Waals surface area contributed by atoms with Gasteiger partial charge in [0.25, 0.3) is 0 Å². The standard InChI is InChI=1S/C22H27ClF2N2O/c23-18-4-1-5-19-21(18)17(14-27(19)13-16-3-2-12-26-16)20(28)7-6-15-8-10-22(24,25)11-9-15/h1,4-5,14-16,26H,2-3,6-13H2/t16-/m1/s1. The molecule has 2 fully saturated rings. The van der Waals surface area contributed by atoms with Gasteiger partial charge in [0.1, 0.15) is 0 Å². The van der Waals surface area contributed by atoms with Gasteiger partial charge in [-0.25, -0.2) is 8.78 Å². The normalized spacial score (nSPS) is 22.8. The summed E-state index contributed by atoms with van der Waals surface area (Å²) in [5.74, 6) is -2.24. The molecule has 1 saturated carbocycles. The molecule has 4 rings (SSSR count). The first-order valence-electron chi connectivity index (χ1n) is 10.3. The molecule has 0 unspecified atom stereocenters. The first-order chi connectivity index (χ1) is 13.4. The van der Waals surface area contributed by atoms with Gasteiger partial charge in [0.15, 0.2) is 5.78 Å². The minimum absolute atomic E-state index is 0.0502. The topological polar surface area (TPSA) is 34.0 Å². The molecule has 0 bridgehead atoms. The molecule has 1 aliphatic heterocycles. The van der Waals surface area contributed by atoms with Crippen molar-refractivity contribution in [3.63, 3.8) is 0 Å². The number of halogens is 3. The number of alkyl halides is 2. The average Bonchev–Trinajstić information content (AvgIpc) is 3.30. The van der Waals surface area contributed by atoms with Gasteiger partial charge in [-0.05, 0) is 56.7 Å². The Hall–Kier alpha value is -1.46. The summed E-state index contributed by atoms with van der Waals surface area (Å²) in [4.78, 5) is 13.0. The van der Waals surface area contributed by atoms with Crippen LogP contribution in [0.1, 0.15) is 61.7 Å². The van der Waals surface area contributed by atoms with Crippen LogP contribution in [0.5, 0.6) is 0 Å². The zero-order chi connectivity index (χ0) is 19.7. The molecule has 2 heterocycles. The quantitative estimate of drug-likeness (QED) is 0.609. The van der Waals surface area contributed by atoms with E-state index in [0.29, 0.717) is 42.3 Å². The summed E-state index contributed by atoms with van der Waals surface area (Å²) in [6.07, 6.45) is 6.24. The van der Waals surface area contributed by atoms with Crippen molar-refractivity contribution in [2.75, 3.05) is 6.54 Å². The summed E-state index contributed by atoms with van der Waals surface area (Å²) in [6, 6.07) is 6.17. The van der Waals surface area contributed by atoms with Gasteiger partial charge in [0.2, 0.25) is 5.92 Å². The second-order valence-corrected chi connectivity index (χ2v) is 8.79. The second-order valence-electron chi connectivity index (χ2n) is 8.38. The van der Waals surface area contributed by atoms with E-state index in [0.717, 1.165) is 30.4 Å². The fourth-order valence-electron chi connectivity index (χ4n) is 4.68. The molecule has 1 aromatic carbocycles. The number of rotatable bonds is 6. The summed E-state index contributed by atoms with van der Waals surface area (Å²) < 4.78 is 28.8. The number of carbonyl (C=O) groups is 1. The predicted octanol–water partition coefficient (Wildman–Crippen LogP) is 5.84. The monoisotopic (exact) mass is 408 g/mol. The highest BCUT2D eigenvalue weighted by Crippen LogP contribution is 2.38. The Kier molecular flexibility index (Phi) is 5.75. The molecular formula is C22H27ClF2N2O. The second kappa shape index (κ2) is 8.11. The van der Waals surface area contributed by atoms with E-state index in [4.69, 9.17) is 11.6 Å². The number of benzene rings is 1. The third-order valence-electron chi connectivity index (χ3n) is 6.35. The molecule has 1 saturated heterocycles. The molecule has 1 aromatic heterocycles. The third kappa shape index (κ3) is 4.25. The number of aromatic nitrogens is 1. The summed E-state index contributed by atoms with van der Waals surface area (Å²) in [7, 11) is 0. The van der Waals surface area contributed by atoms with Gasteiger partial charge in [0.05, 0.1) is 10.5 Å². The molecule has 2 aliphatic rings. The predicted molar refractivity (Wildman–Crippen MR) is 108 cm³/mol. The fourth-order valence-corrected chi connectivity index (χ4v) is 4.95. The molecule has 1 aliphatic carbocycles. The van der Waals surface area contributed by atoms with Crippen molar-refractivity contribution in [1.29, 1.82) is 0 Å². The maximum atomic E-state index is 13.3. The number of nitrogens with one attached hydrogen (secondary N) is 1. The molecule has 3 nitrogen and oxygen atoms in total. The highest BCUT2D eigenvalue weighted by molar-refractivity contribution is 6.37. The lowest BCUT2D eigenvalue weighted by atomic mass is 9.83. The van der Waals surface area contributed by atoms with Crippen LogP contribution in [0.15, 0.2) is 24.4 Å². The van der Waals surface area contributed by atoms with E-state index in [-0.39, 0.29) is 24.5 Å². The molecule has 1 atom stereocenters. The molecule has 6 heteroatoms. The van der Waals surface area contributed by atoms with E-state index < -0.39 is 5.92 Å². The van der Waals surface area contributed by atoms with Gasteiger partial charge >= 0.3 is 0 Å². The number of nitrogens with zero attached hydrogens (tertiary/aromatic N) is 1. The van der Waals surface area contributed by atoms with Crippen LogP contribution in [0.25, 0.3) is 10.9 Å². The van der Waals surface area contributed by atoms with Crippen molar-refractivity contribution < 1.29 is 13.6 Å². The minimum atomic E-state index is -2.52. The van der Waals surface area contributed by atoms with Crippen LogP contribution in [-0.2, 0) is 6.54 Å². The number of carbonyl (C=O) groups excluding carboxylic acids is 1. The van der Waals surface area contributed by atoms with Crippen LogP contribution in [0.2, 0.25) is 5.02 Å². The summed E-state index contributed by atoms with van der Waals surface area (Å²) >= 11 is 6.45. The van der Waals surface area contributed by atoms with Gasteiger partial charge in [0, 0.05) is 49.0 Å². The van der Waals surface area contributed by atoms with Crippen molar-refractivity contribution in [2.24, 2.45) is 5.92 Å². The van der Waals surface area contributed by atoms with Gasteiger partial charge in [-0.15, -0.1) is 0 Å². The van der Waals surface area contributed by atoms with E-state index in [2.05, 4.69) is 9.88 Å². The SMILES string of the molecule is O=C(CCC1CCC(F)(F)CC1)c1cn(C[C@H]2CCCN2)c2cccc(Cl)c12. The number of Topliss-reactive ketones (excluding diaryl/α,β-unsaturated/α-hetero) is 1. The van der Waals surface area contributed by atoms with E-state index in [1.807, 2.05) is 24.4 Å². The zero-order valence-corrected chi connectivity index (χ0v) is 16.8. The third-order valence-corrected chi connectivity index (χ3v) is 6.67. The zero-order valence-electron chi connectivity index (χ0n) is 16.0. The lowest BCUT2D eigenvalue weighted by Gasteiger charge is -2.27. The fraction of sp³-hybridized carbons (Fsp3) is 0.591. The number of fused-ring (bicyclic) bond motifs is 1. The molecule has 28 heavy (non-hydrogen) atoms. The van der Waals surface area contributed by atoms with E-state index in [1.54, 1.807) is 0 Å². The van der Waals surface area contributed by atoms with Crippen LogP contribution in [-0.4, -0.2) is 28.9 Å². The maximum absolute atomic E-state index is 13.3. The minimum Gasteiger partial charge on any atom is -0.345 e. The van der Waals surface area contributed by atoms with Crippen molar-refractivity contribution in [1.82, 2.24) is 9.88 Å². The molecule has 0 radical (unpaired) electrons. The molecule has 152 valence electrons. The van der Waals surface area contributed by atoms with Crippen LogP contribution < -0.4 is 5.32 Å². The average molecular weight is 409 g/mol. The Morgan fingerprint density at radius 2 is 2.04 bits per heavy atom. The van der Waals surface area contributed by atoms with Crippen molar-refractivity contribution in [3.05, 3.63) is 35.0 Å². The van der Waals surface area contributed by atoms with E-state index in [1.165, 1.54) is 6.42 Å². The van der Waals surface area contributed by atoms with Gasteiger partial charge in [-0.2, -0.15) is 0 Å². The number of hydrogen-bond acceptors (Lipinski definition) is 2.